The maximum absolute atomic E-state index is 11.9. The van der Waals surface area contributed by atoms with Crippen molar-refractivity contribution >= 4 is 11.7 Å². The van der Waals surface area contributed by atoms with E-state index >= 15 is 0 Å². The molecular weight excluding hydrogens is 242 g/mol. The topological polar surface area (TPSA) is 70.1 Å². The van der Waals surface area contributed by atoms with Crippen LogP contribution in [0.2, 0.25) is 0 Å². The summed E-state index contributed by atoms with van der Waals surface area (Å²) in [5.74, 6) is -0.444. The molecule has 0 saturated carbocycles. The molecule has 0 saturated heterocycles. The van der Waals surface area contributed by atoms with Crippen LogP contribution in [-0.2, 0) is 4.74 Å². The standard InChI is InChI=1S/C14H17N3O2/c1-14(2,3)19-13(18)11-8-9-17(16-11)12-7-5-4-6-10(12)15/h4-9H,15H2,1-3H3. The Morgan fingerprint density at radius 2 is 1.95 bits per heavy atom. The van der Waals surface area contributed by atoms with Gasteiger partial charge in [0.05, 0.1) is 11.4 Å². The number of esters is 1. The van der Waals surface area contributed by atoms with Gasteiger partial charge in [0.1, 0.15) is 5.60 Å². The minimum atomic E-state index is -0.535. The maximum Gasteiger partial charge on any atom is 0.359 e. The summed E-state index contributed by atoms with van der Waals surface area (Å²) in [7, 11) is 0. The van der Waals surface area contributed by atoms with Crippen molar-refractivity contribution in [1.82, 2.24) is 9.78 Å². The van der Waals surface area contributed by atoms with Gasteiger partial charge in [0.15, 0.2) is 5.69 Å². The molecule has 1 aromatic carbocycles. The van der Waals surface area contributed by atoms with Gasteiger partial charge in [-0.25, -0.2) is 9.48 Å². The summed E-state index contributed by atoms with van der Waals surface area (Å²) >= 11 is 0. The van der Waals surface area contributed by atoms with E-state index in [1.807, 2.05) is 39.0 Å². The van der Waals surface area contributed by atoms with Gasteiger partial charge < -0.3 is 10.5 Å². The maximum atomic E-state index is 11.9. The number of ether oxygens (including phenoxy) is 1. The van der Waals surface area contributed by atoms with Crippen molar-refractivity contribution in [2.45, 2.75) is 26.4 Å². The zero-order valence-corrected chi connectivity index (χ0v) is 11.3. The van der Waals surface area contributed by atoms with Gasteiger partial charge in [0.25, 0.3) is 0 Å². The highest BCUT2D eigenvalue weighted by atomic mass is 16.6. The summed E-state index contributed by atoms with van der Waals surface area (Å²) in [5, 5.41) is 4.19. The lowest BCUT2D eigenvalue weighted by atomic mass is 10.2. The lowest BCUT2D eigenvalue weighted by Crippen LogP contribution is -2.24. The van der Waals surface area contributed by atoms with E-state index in [9.17, 15) is 4.79 Å². The molecular formula is C14H17N3O2. The van der Waals surface area contributed by atoms with E-state index in [1.54, 1.807) is 23.0 Å². The van der Waals surface area contributed by atoms with Gasteiger partial charge >= 0.3 is 5.97 Å². The number of benzene rings is 1. The number of aromatic nitrogens is 2. The van der Waals surface area contributed by atoms with Gasteiger partial charge in [-0.05, 0) is 39.0 Å². The second-order valence-corrected chi connectivity index (χ2v) is 5.21. The first-order valence-corrected chi connectivity index (χ1v) is 6.01. The summed E-state index contributed by atoms with van der Waals surface area (Å²) in [6.45, 7) is 5.45. The lowest BCUT2D eigenvalue weighted by Gasteiger charge is -2.18. The number of rotatable bonds is 2. The van der Waals surface area contributed by atoms with Crippen LogP contribution in [0.3, 0.4) is 0 Å². The fraction of sp³-hybridized carbons (Fsp3) is 0.286. The van der Waals surface area contributed by atoms with Crippen LogP contribution in [0.4, 0.5) is 5.69 Å². The van der Waals surface area contributed by atoms with Crippen LogP contribution in [0.1, 0.15) is 31.3 Å². The highest BCUT2D eigenvalue weighted by Gasteiger charge is 2.20. The molecule has 0 bridgehead atoms. The van der Waals surface area contributed by atoms with E-state index in [0.29, 0.717) is 5.69 Å². The minimum Gasteiger partial charge on any atom is -0.455 e. The van der Waals surface area contributed by atoms with Gasteiger partial charge in [-0.1, -0.05) is 12.1 Å². The molecule has 2 N–H and O–H groups in total. The Morgan fingerprint density at radius 1 is 1.26 bits per heavy atom. The van der Waals surface area contributed by atoms with E-state index < -0.39 is 11.6 Å². The Balaban J connectivity index is 2.25. The number of carbonyl (C=O) groups excluding carboxylic acids is 1. The van der Waals surface area contributed by atoms with Gasteiger partial charge in [-0.2, -0.15) is 5.10 Å². The van der Waals surface area contributed by atoms with Crippen LogP contribution < -0.4 is 5.73 Å². The normalized spacial score (nSPS) is 11.3. The molecule has 0 fully saturated rings. The Bertz CT molecular complexity index is 597. The Kier molecular flexibility index (Phi) is 3.29. The third-order valence-corrected chi connectivity index (χ3v) is 2.38. The molecule has 0 aliphatic carbocycles. The molecule has 0 spiro atoms. The lowest BCUT2D eigenvalue weighted by molar-refractivity contribution is 0.00624. The number of nitrogen functional groups attached to an aromatic ring is 1. The Hall–Kier alpha value is -2.30. The average molecular weight is 259 g/mol. The number of nitrogens with zero attached hydrogens (tertiary/aromatic N) is 2. The van der Waals surface area contributed by atoms with Crippen molar-refractivity contribution in [3.05, 3.63) is 42.2 Å². The highest BCUT2D eigenvalue weighted by Crippen LogP contribution is 2.17. The Labute approximate surface area is 112 Å². The predicted molar refractivity (Wildman–Crippen MR) is 73.1 cm³/mol. The summed E-state index contributed by atoms with van der Waals surface area (Å²) in [5.41, 5.74) is 6.92. The van der Waals surface area contributed by atoms with Crippen LogP contribution in [0.25, 0.3) is 5.69 Å². The third kappa shape index (κ3) is 3.13. The number of hydrogen-bond acceptors (Lipinski definition) is 4. The molecule has 0 atom stereocenters. The molecule has 5 nitrogen and oxygen atoms in total. The number of para-hydroxylation sites is 2. The van der Waals surface area contributed by atoms with E-state index in [1.165, 1.54) is 0 Å². The number of carbonyl (C=O) groups is 1. The van der Waals surface area contributed by atoms with Crippen LogP contribution in [0, 0.1) is 0 Å². The summed E-state index contributed by atoms with van der Waals surface area (Å²) < 4.78 is 6.82. The fourth-order valence-corrected chi connectivity index (χ4v) is 1.59. The van der Waals surface area contributed by atoms with Crippen LogP contribution in [-0.4, -0.2) is 21.4 Å². The molecule has 100 valence electrons. The second-order valence-electron chi connectivity index (χ2n) is 5.21. The molecule has 19 heavy (non-hydrogen) atoms. The van der Waals surface area contributed by atoms with Crippen molar-refractivity contribution in [3.8, 4) is 5.69 Å². The SMILES string of the molecule is CC(C)(C)OC(=O)c1ccn(-c2ccccc2N)n1. The highest BCUT2D eigenvalue weighted by molar-refractivity contribution is 5.87. The van der Waals surface area contributed by atoms with Crippen molar-refractivity contribution in [2.75, 3.05) is 5.73 Å². The molecule has 0 aliphatic rings. The minimum absolute atomic E-state index is 0.262. The fourth-order valence-electron chi connectivity index (χ4n) is 1.59. The van der Waals surface area contributed by atoms with Gasteiger partial charge in [0, 0.05) is 6.20 Å². The van der Waals surface area contributed by atoms with Crippen LogP contribution in [0.5, 0.6) is 0 Å². The Morgan fingerprint density at radius 3 is 2.58 bits per heavy atom. The molecule has 1 aromatic heterocycles. The summed E-state index contributed by atoms with van der Waals surface area (Å²) in [4.78, 5) is 11.9. The van der Waals surface area contributed by atoms with E-state index in [2.05, 4.69) is 5.10 Å². The van der Waals surface area contributed by atoms with Crippen LogP contribution in [0.15, 0.2) is 36.5 Å². The van der Waals surface area contributed by atoms with Gasteiger partial charge in [-0.15, -0.1) is 0 Å². The summed E-state index contributed by atoms with van der Waals surface area (Å²) in [6, 6.07) is 8.93. The van der Waals surface area contributed by atoms with E-state index in [4.69, 9.17) is 10.5 Å². The number of anilines is 1. The van der Waals surface area contributed by atoms with Gasteiger partial charge in [0.2, 0.25) is 0 Å². The van der Waals surface area contributed by atoms with Crippen molar-refractivity contribution in [1.29, 1.82) is 0 Å². The first-order chi connectivity index (χ1) is 8.87. The predicted octanol–water partition coefficient (Wildman–Crippen LogP) is 2.41. The third-order valence-electron chi connectivity index (χ3n) is 2.38. The molecule has 0 amide bonds. The molecule has 2 rings (SSSR count). The average Bonchev–Trinajstić information content (AvgIpc) is 2.76. The van der Waals surface area contributed by atoms with Crippen molar-refractivity contribution in [2.24, 2.45) is 0 Å². The first-order valence-electron chi connectivity index (χ1n) is 6.01. The molecule has 0 unspecified atom stereocenters. The van der Waals surface area contributed by atoms with Crippen molar-refractivity contribution in [3.63, 3.8) is 0 Å². The zero-order valence-electron chi connectivity index (χ0n) is 11.3. The molecule has 0 aliphatic heterocycles. The van der Waals surface area contributed by atoms with E-state index in [-0.39, 0.29) is 5.69 Å². The molecule has 5 heteroatoms. The molecule has 1 heterocycles. The summed E-state index contributed by atoms with van der Waals surface area (Å²) in [6.07, 6.45) is 1.69. The van der Waals surface area contributed by atoms with Crippen LogP contribution >= 0.6 is 0 Å². The largest absolute Gasteiger partial charge is 0.455 e. The van der Waals surface area contributed by atoms with Crippen molar-refractivity contribution < 1.29 is 9.53 Å². The first kappa shape index (κ1) is 13.1. The monoisotopic (exact) mass is 259 g/mol. The van der Waals surface area contributed by atoms with Gasteiger partial charge in [-0.3, -0.25) is 0 Å². The number of hydrogen-bond donors (Lipinski definition) is 1. The zero-order chi connectivity index (χ0) is 14.0. The quantitative estimate of drug-likeness (QED) is 0.664. The number of nitrogens with two attached hydrogens (primary N) is 1. The molecule has 0 radical (unpaired) electrons. The second kappa shape index (κ2) is 4.76. The molecule has 2 aromatic rings. The van der Waals surface area contributed by atoms with E-state index in [0.717, 1.165) is 5.69 Å². The smallest absolute Gasteiger partial charge is 0.359 e.